The zero-order valence-corrected chi connectivity index (χ0v) is 16.0. The molecule has 0 aliphatic carbocycles. The van der Waals surface area contributed by atoms with Crippen molar-refractivity contribution in [1.82, 2.24) is 10.2 Å². The minimum absolute atomic E-state index is 0.0158. The third-order valence-corrected chi connectivity index (χ3v) is 4.82. The van der Waals surface area contributed by atoms with Crippen molar-refractivity contribution in [3.05, 3.63) is 53.6 Å². The summed E-state index contributed by atoms with van der Waals surface area (Å²) in [5.41, 5.74) is 0.931. The topological polar surface area (TPSA) is 88.1 Å². The molecule has 0 radical (unpaired) electrons. The van der Waals surface area contributed by atoms with Gasteiger partial charge in [0.2, 0.25) is 0 Å². The van der Waals surface area contributed by atoms with Gasteiger partial charge in [0.15, 0.2) is 0 Å². The SMILES string of the molecule is COc1cc(OC)cc(C(=O)NC2CCN(C(=O)c3cccc(O)c3)CC2)c1. The normalized spacial score (nSPS) is 14.4. The number of nitrogens with one attached hydrogen (secondary N) is 1. The highest BCUT2D eigenvalue weighted by Gasteiger charge is 2.25. The summed E-state index contributed by atoms with van der Waals surface area (Å²) in [6, 6.07) is 11.4. The number of hydrogen-bond donors (Lipinski definition) is 2. The van der Waals surface area contributed by atoms with Gasteiger partial charge in [0.05, 0.1) is 14.2 Å². The molecule has 0 unspecified atom stereocenters. The lowest BCUT2D eigenvalue weighted by Crippen LogP contribution is -2.46. The predicted molar refractivity (Wildman–Crippen MR) is 104 cm³/mol. The van der Waals surface area contributed by atoms with E-state index in [1.807, 2.05) is 0 Å². The Balaban J connectivity index is 1.58. The number of piperidine rings is 1. The summed E-state index contributed by atoms with van der Waals surface area (Å²) in [4.78, 5) is 26.9. The average Bonchev–Trinajstić information content (AvgIpc) is 2.73. The van der Waals surface area contributed by atoms with Crippen molar-refractivity contribution in [3.8, 4) is 17.2 Å². The van der Waals surface area contributed by atoms with E-state index in [4.69, 9.17) is 9.47 Å². The van der Waals surface area contributed by atoms with Crippen LogP contribution in [-0.2, 0) is 0 Å². The summed E-state index contributed by atoms with van der Waals surface area (Å²) in [6.07, 6.45) is 1.33. The number of hydrogen-bond acceptors (Lipinski definition) is 5. The van der Waals surface area contributed by atoms with Gasteiger partial charge in [-0.2, -0.15) is 0 Å². The number of benzene rings is 2. The van der Waals surface area contributed by atoms with E-state index in [1.165, 1.54) is 26.4 Å². The fraction of sp³-hybridized carbons (Fsp3) is 0.333. The van der Waals surface area contributed by atoms with Gasteiger partial charge >= 0.3 is 0 Å². The Morgan fingerprint density at radius 3 is 2.21 bits per heavy atom. The van der Waals surface area contributed by atoms with E-state index in [0.29, 0.717) is 48.6 Å². The van der Waals surface area contributed by atoms with E-state index in [0.717, 1.165) is 0 Å². The van der Waals surface area contributed by atoms with Crippen LogP contribution in [0.5, 0.6) is 17.2 Å². The molecule has 7 nitrogen and oxygen atoms in total. The zero-order valence-electron chi connectivity index (χ0n) is 16.0. The summed E-state index contributed by atoms with van der Waals surface area (Å²) in [7, 11) is 3.07. The zero-order chi connectivity index (χ0) is 20.1. The highest BCUT2D eigenvalue weighted by molar-refractivity contribution is 5.96. The Bertz CT molecular complexity index is 837. The van der Waals surface area contributed by atoms with Crippen molar-refractivity contribution in [3.63, 3.8) is 0 Å². The maximum absolute atomic E-state index is 12.6. The number of carbonyl (C=O) groups is 2. The standard InChI is InChI=1S/C21H24N2O5/c1-27-18-11-15(12-19(13-18)28-2)20(25)22-16-6-8-23(9-7-16)21(26)14-4-3-5-17(24)10-14/h3-5,10-13,16,24H,6-9H2,1-2H3,(H,22,25). The van der Waals surface area contributed by atoms with Crippen LogP contribution in [0.2, 0.25) is 0 Å². The van der Waals surface area contributed by atoms with Gasteiger partial charge in [-0.1, -0.05) is 6.07 Å². The van der Waals surface area contributed by atoms with Gasteiger partial charge in [-0.3, -0.25) is 9.59 Å². The van der Waals surface area contributed by atoms with Crippen molar-refractivity contribution >= 4 is 11.8 Å². The van der Waals surface area contributed by atoms with Crippen LogP contribution < -0.4 is 14.8 Å². The molecule has 0 spiro atoms. The van der Waals surface area contributed by atoms with Gasteiger partial charge in [-0.15, -0.1) is 0 Å². The Hall–Kier alpha value is -3.22. The second kappa shape index (κ2) is 8.65. The van der Waals surface area contributed by atoms with Crippen molar-refractivity contribution in [1.29, 1.82) is 0 Å². The number of amides is 2. The van der Waals surface area contributed by atoms with Crippen LogP contribution in [0.25, 0.3) is 0 Å². The molecule has 0 bridgehead atoms. The number of methoxy groups -OCH3 is 2. The first-order valence-electron chi connectivity index (χ1n) is 9.12. The number of phenols is 1. The first-order chi connectivity index (χ1) is 13.5. The van der Waals surface area contributed by atoms with Gasteiger partial charge < -0.3 is 24.8 Å². The molecule has 0 aromatic heterocycles. The first kappa shape index (κ1) is 19.5. The number of rotatable bonds is 5. The lowest BCUT2D eigenvalue weighted by atomic mass is 10.0. The van der Waals surface area contributed by atoms with E-state index in [9.17, 15) is 14.7 Å². The fourth-order valence-corrected chi connectivity index (χ4v) is 3.26. The Morgan fingerprint density at radius 2 is 1.64 bits per heavy atom. The third-order valence-electron chi connectivity index (χ3n) is 4.82. The second-order valence-electron chi connectivity index (χ2n) is 6.69. The number of aromatic hydroxyl groups is 1. The third kappa shape index (κ3) is 4.54. The number of carbonyl (C=O) groups excluding carboxylic acids is 2. The smallest absolute Gasteiger partial charge is 0.253 e. The van der Waals surface area contributed by atoms with Crippen molar-refractivity contribution in [2.75, 3.05) is 27.3 Å². The van der Waals surface area contributed by atoms with Crippen LogP contribution in [0.4, 0.5) is 0 Å². The van der Waals surface area contributed by atoms with Crippen LogP contribution >= 0.6 is 0 Å². The van der Waals surface area contributed by atoms with Gasteiger partial charge in [-0.25, -0.2) is 0 Å². The lowest BCUT2D eigenvalue weighted by molar-refractivity contribution is 0.0697. The van der Waals surface area contributed by atoms with Crippen LogP contribution in [0.15, 0.2) is 42.5 Å². The maximum atomic E-state index is 12.6. The Morgan fingerprint density at radius 1 is 1.00 bits per heavy atom. The predicted octanol–water partition coefficient (Wildman–Crippen LogP) is 2.44. The van der Waals surface area contributed by atoms with Gasteiger partial charge in [0, 0.05) is 36.3 Å². The Kier molecular flexibility index (Phi) is 6.03. The quantitative estimate of drug-likeness (QED) is 0.827. The van der Waals surface area contributed by atoms with Crippen LogP contribution in [0.1, 0.15) is 33.6 Å². The molecule has 2 aromatic rings. The lowest BCUT2D eigenvalue weighted by Gasteiger charge is -2.32. The number of phenolic OH excluding ortho intramolecular Hbond substituents is 1. The molecule has 0 saturated carbocycles. The highest BCUT2D eigenvalue weighted by atomic mass is 16.5. The summed E-state index contributed by atoms with van der Waals surface area (Å²) >= 11 is 0. The number of ether oxygens (including phenoxy) is 2. The molecule has 3 rings (SSSR count). The van der Waals surface area contributed by atoms with E-state index in [-0.39, 0.29) is 23.6 Å². The number of nitrogens with zero attached hydrogens (tertiary/aromatic N) is 1. The average molecular weight is 384 g/mol. The molecule has 2 aromatic carbocycles. The summed E-state index contributed by atoms with van der Waals surface area (Å²) in [5, 5.41) is 12.6. The van der Waals surface area contributed by atoms with Crippen molar-refractivity contribution < 1.29 is 24.2 Å². The largest absolute Gasteiger partial charge is 0.508 e. The molecule has 1 heterocycles. The minimum atomic E-state index is -0.199. The molecule has 1 fully saturated rings. The summed E-state index contributed by atoms with van der Waals surface area (Å²) < 4.78 is 10.4. The molecule has 1 saturated heterocycles. The molecule has 28 heavy (non-hydrogen) atoms. The fourth-order valence-electron chi connectivity index (χ4n) is 3.26. The molecule has 0 atom stereocenters. The minimum Gasteiger partial charge on any atom is -0.508 e. The molecule has 7 heteroatoms. The molecule has 2 N–H and O–H groups in total. The van der Waals surface area contributed by atoms with Gasteiger partial charge in [0.25, 0.3) is 11.8 Å². The van der Waals surface area contributed by atoms with Gasteiger partial charge in [-0.05, 0) is 43.2 Å². The van der Waals surface area contributed by atoms with Crippen LogP contribution in [-0.4, -0.2) is 55.2 Å². The summed E-state index contributed by atoms with van der Waals surface area (Å²) in [5.74, 6) is 0.863. The van der Waals surface area contributed by atoms with Crippen LogP contribution in [0, 0.1) is 0 Å². The van der Waals surface area contributed by atoms with E-state index >= 15 is 0 Å². The highest BCUT2D eigenvalue weighted by Crippen LogP contribution is 2.23. The molecule has 1 aliphatic rings. The number of likely N-dealkylation sites (tertiary alicyclic amines) is 1. The summed E-state index contributed by atoms with van der Waals surface area (Å²) in [6.45, 7) is 1.09. The molecule has 1 aliphatic heterocycles. The maximum Gasteiger partial charge on any atom is 0.253 e. The molecule has 2 amide bonds. The Labute approximate surface area is 163 Å². The van der Waals surface area contributed by atoms with Crippen LogP contribution in [0.3, 0.4) is 0 Å². The molecule has 148 valence electrons. The first-order valence-corrected chi connectivity index (χ1v) is 9.12. The van der Waals surface area contributed by atoms with E-state index < -0.39 is 0 Å². The van der Waals surface area contributed by atoms with E-state index in [2.05, 4.69) is 5.32 Å². The van der Waals surface area contributed by atoms with Gasteiger partial charge in [0.1, 0.15) is 17.2 Å². The van der Waals surface area contributed by atoms with E-state index in [1.54, 1.807) is 35.2 Å². The monoisotopic (exact) mass is 384 g/mol. The molecular formula is C21H24N2O5. The molecular weight excluding hydrogens is 360 g/mol. The van der Waals surface area contributed by atoms with Crippen molar-refractivity contribution in [2.24, 2.45) is 0 Å². The second-order valence-corrected chi connectivity index (χ2v) is 6.69. The van der Waals surface area contributed by atoms with Crippen molar-refractivity contribution in [2.45, 2.75) is 18.9 Å².